The van der Waals surface area contributed by atoms with Crippen LogP contribution in [0.5, 0.6) is 0 Å². The monoisotopic (exact) mass is 274 g/mol. The number of amides is 3. The van der Waals surface area contributed by atoms with E-state index in [-0.39, 0.29) is 30.7 Å². The lowest BCUT2D eigenvalue weighted by molar-refractivity contribution is -0.135. The van der Waals surface area contributed by atoms with Crippen molar-refractivity contribution in [3.8, 4) is 0 Å². The number of nitrogens with one attached hydrogen (secondary N) is 1. The van der Waals surface area contributed by atoms with E-state index < -0.39 is 5.91 Å². The molecule has 0 aromatic rings. The minimum absolute atomic E-state index is 0.0325. The molecule has 2 N–H and O–H groups in total. The molecule has 0 aliphatic carbocycles. The minimum atomic E-state index is -0.432. The van der Waals surface area contributed by atoms with Crippen molar-refractivity contribution in [1.29, 1.82) is 0 Å². The van der Waals surface area contributed by atoms with Crippen LogP contribution in [0, 0.1) is 0 Å². The van der Waals surface area contributed by atoms with Gasteiger partial charge in [0.05, 0.1) is 12.3 Å². The molecule has 0 aromatic carbocycles. The first-order valence-corrected chi connectivity index (χ1v) is 7.08. The number of rotatable bonds is 7. The molecule has 1 rings (SSSR count). The van der Waals surface area contributed by atoms with Crippen LogP contribution in [-0.2, 0) is 14.4 Å². The molecule has 0 unspecified atom stereocenters. The van der Waals surface area contributed by atoms with Gasteiger partial charge in [-0.15, -0.1) is 0 Å². The lowest BCUT2D eigenvalue weighted by atomic mass is 10.4. The molecule has 7 heteroatoms. The Morgan fingerprint density at radius 1 is 1.39 bits per heavy atom. The molecule has 18 heavy (non-hydrogen) atoms. The zero-order valence-electron chi connectivity index (χ0n) is 10.2. The third-order valence-electron chi connectivity index (χ3n) is 2.46. The summed E-state index contributed by atoms with van der Waals surface area (Å²) in [5.74, 6) is 0.0603. The van der Waals surface area contributed by atoms with E-state index in [9.17, 15) is 14.4 Å². The number of likely N-dealkylation sites (tertiary alicyclic amines) is 1. The van der Waals surface area contributed by atoms with E-state index >= 15 is 0 Å². The number of carbonyl (C=O) groups excluding carboxylic acids is 3. The van der Waals surface area contributed by atoms with Gasteiger partial charge in [-0.2, -0.15) is 11.8 Å². The third-order valence-corrected chi connectivity index (χ3v) is 3.51. The zero-order valence-corrected chi connectivity index (χ0v) is 11.0. The maximum atomic E-state index is 11.5. The van der Waals surface area contributed by atoms with Crippen molar-refractivity contribution in [2.45, 2.75) is 19.3 Å². The van der Waals surface area contributed by atoms with Crippen molar-refractivity contribution in [3.05, 3.63) is 0 Å². The van der Waals surface area contributed by atoms with Crippen LogP contribution in [0.15, 0.2) is 0 Å². The number of imide groups is 1. The number of carbonyl (C=O) groups is 3. The number of nitrogens with zero attached hydrogens (tertiary/aromatic N) is 1. The van der Waals surface area contributed by atoms with Gasteiger partial charge in [-0.05, 0) is 18.6 Å². The van der Waals surface area contributed by atoms with Gasteiger partial charge in [0, 0.05) is 19.6 Å². The summed E-state index contributed by atoms with van der Waals surface area (Å²) in [5, 5.41) is 10.8. The molecule has 1 aliphatic rings. The maximum absolute atomic E-state index is 11.5. The quantitative estimate of drug-likeness (QED) is 0.603. The highest BCUT2D eigenvalue weighted by molar-refractivity contribution is 7.99. The number of thioether (sulfide) groups is 1. The smallest absolute Gasteiger partial charge is 0.246 e. The third kappa shape index (κ3) is 5.50. The molecule has 1 heterocycles. The summed E-state index contributed by atoms with van der Waals surface area (Å²) in [6, 6.07) is 0. The van der Waals surface area contributed by atoms with Gasteiger partial charge in [0.25, 0.3) is 0 Å². The van der Waals surface area contributed by atoms with E-state index in [0.717, 1.165) is 6.42 Å². The van der Waals surface area contributed by atoms with E-state index in [1.165, 1.54) is 16.7 Å². The summed E-state index contributed by atoms with van der Waals surface area (Å²) in [6.07, 6.45) is 1.89. The fourth-order valence-corrected chi connectivity index (χ4v) is 2.34. The van der Waals surface area contributed by atoms with Crippen LogP contribution >= 0.6 is 11.8 Å². The highest BCUT2D eigenvalue weighted by Crippen LogP contribution is 2.08. The van der Waals surface area contributed by atoms with Crippen LogP contribution in [0.2, 0.25) is 0 Å². The molecule has 3 amide bonds. The summed E-state index contributed by atoms with van der Waals surface area (Å²) in [7, 11) is 0. The topological polar surface area (TPSA) is 86.7 Å². The maximum Gasteiger partial charge on any atom is 0.246 e. The molecule has 1 saturated heterocycles. The number of hydrogen-bond donors (Lipinski definition) is 2. The fraction of sp³-hybridized carbons (Fsp3) is 0.727. The first kappa shape index (κ1) is 15.0. The Bertz CT molecular complexity index is 322. The molecule has 0 atom stereocenters. The van der Waals surface area contributed by atoms with E-state index in [4.69, 9.17) is 5.11 Å². The van der Waals surface area contributed by atoms with Crippen molar-refractivity contribution < 1.29 is 19.5 Å². The predicted octanol–water partition coefficient (Wildman–Crippen LogP) is -0.633. The van der Waals surface area contributed by atoms with Gasteiger partial charge in [-0.1, -0.05) is 0 Å². The second kappa shape index (κ2) is 8.10. The molecule has 0 bridgehead atoms. The average Bonchev–Trinajstić information content (AvgIpc) is 2.70. The van der Waals surface area contributed by atoms with Crippen molar-refractivity contribution in [2.75, 3.05) is 31.2 Å². The van der Waals surface area contributed by atoms with Gasteiger partial charge in [0.1, 0.15) is 0 Å². The van der Waals surface area contributed by atoms with Gasteiger partial charge in [-0.3, -0.25) is 19.7 Å². The molecular formula is C11H18N2O4S. The predicted molar refractivity (Wildman–Crippen MR) is 68.0 cm³/mol. The Labute approximate surface area is 110 Å². The molecule has 0 spiro atoms. The number of hydrogen-bond acceptors (Lipinski definition) is 5. The van der Waals surface area contributed by atoms with Crippen molar-refractivity contribution >= 4 is 29.5 Å². The van der Waals surface area contributed by atoms with E-state index in [2.05, 4.69) is 5.32 Å². The van der Waals surface area contributed by atoms with E-state index in [1.54, 1.807) is 0 Å². The van der Waals surface area contributed by atoms with Gasteiger partial charge in [-0.25, -0.2) is 0 Å². The minimum Gasteiger partial charge on any atom is -0.396 e. The molecule has 102 valence electrons. The van der Waals surface area contributed by atoms with Gasteiger partial charge >= 0.3 is 0 Å². The highest BCUT2D eigenvalue weighted by Gasteiger charge is 2.22. The number of aliphatic hydroxyl groups is 1. The van der Waals surface area contributed by atoms with Crippen molar-refractivity contribution in [3.63, 3.8) is 0 Å². The Kier molecular flexibility index (Phi) is 6.74. The molecule has 0 aromatic heterocycles. The SMILES string of the molecule is O=C(CSCCCO)NC(=O)CN1CCCC1=O. The first-order chi connectivity index (χ1) is 8.63. The van der Waals surface area contributed by atoms with Crippen LogP contribution in [0.3, 0.4) is 0 Å². The van der Waals surface area contributed by atoms with Gasteiger partial charge in [0.15, 0.2) is 0 Å². The zero-order chi connectivity index (χ0) is 13.4. The normalized spacial score (nSPS) is 14.9. The van der Waals surface area contributed by atoms with Crippen LogP contribution in [-0.4, -0.2) is 58.9 Å². The Morgan fingerprint density at radius 2 is 2.17 bits per heavy atom. The molecule has 1 aliphatic heterocycles. The highest BCUT2D eigenvalue weighted by atomic mass is 32.2. The molecule has 1 fully saturated rings. The van der Waals surface area contributed by atoms with Crippen LogP contribution in [0.25, 0.3) is 0 Å². The van der Waals surface area contributed by atoms with Crippen molar-refractivity contribution in [2.24, 2.45) is 0 Å². The van der Waals surface area contributed by atoms with E-state index in [0.29, 0.717) is 25.1 Å². The standard InChI is InChI=1S/C11H18N2O4S/c14-5-2-6-18-8-10(16)12-9(15)7-13-4-1-3-11(13)17/h14H,1-8H2,(H,12,15,16). The summed E-state index contributed by atoms with van der Waals surface area (Å²) in [4.78, 5) is 35.6. The molecular weight excluding hydrogens is 256 g/mol. The summed E-state index contributed by atoms with van der Waals surface area (Å²) >= 11 is 1.37. The fourth-order valence-electron chi connectivity index (χ4n) is 1.61. The summed E-state index contributed by atoms with van der Waals surface area (Å²) in [5.41, 5.74) is 0. The first-order valence-electron chi connectivity index (χ1n) is 5.92. The van der Waals surface area contributed by atoms with Crippen LogP contribution < -0.4 is 5.32 Å². The van der Waals surface area contributed by atoms with Gasteiger partial charge < -0.3 is 10.0 Å². The second-order valence-electron chi connectivity index (χ2n) is 4.02. The van der Waals surface area contributed by atoms with Gasteiger partial charge in [0.2, 0.25) is 17.7 Å². The largest absolute Gasteiger partial charge is 0.396 e. The summed E-state index contributed by atoms with van der Waals surface area (Å²) < 4.78 is 0. The van der Waals surface area contributed by atoms with Crippen molar-refractivity contribution in [1.82, 2.24) is 10.2 Å². The van der Waals surface area contributed by atoms with E-state index in [1.807, 2.05) is 0 Å². The molecule has 0 radical (unpaired) electrons. The molecule has 6 nitrogen and oxygen atoms in total. The lowest BCUT2D eigenvalue weighted by Crippen LogP contribution is -2.41. The second-order valence-corrected chi connectivity index (χ2v) is 5.13. The van der Waals surface area contributed by atoms with Crippen LogP contribution in [0.4, 0.5) is 0 Å². The Morgan fingerprint density at radius 3 is 2.78 bits per heavy atom. The number of aliphatic hydroxyl groups excluding tert-OH is 1. The van der Waals surface area contributed by atoms with Crippen LogP contribution in [0.1, 0.15) is 19.3 Å². The Hall–Kier alpha value is -1.08. The molecule has 0 saturated carbocycles. The Balaban J connectivity index is 2.15. The summed E-state index contributed by atoms with van der Waals surface area (Å²) in [6.45, 7) is 0.655. The lowest BCUT2D eigenvalue weighted by Gasteiger charge is -2.14. The average molecular weight is 274 g/mol.